The van der Waals surface area contributed by atoms with Crippen LogP contribution in [0.2, 0.25) is 0 Å². The molecule has 1 aromatic carbocycles. The highest BCUT2D eigenvalue weighted by molar-refractivity contribution is 5.68. The van der Waals surface area contributed by atoms with Crippen LogP contribution in [-0.4, -0.2) is 11.5 Å². The Bertz CT molecular complexity index is 559. The maximum atomic E-state index is 4.55. The van der Waals surface area contributed by atoms with Gasteiger partial charge in [0.25, 0.3) is 0 Å². The number of nitrogens with one attached hydrogen (secondary N) is 1. The largest absolute Gasteiger partial charge is 0.385 e. The molecule has 0 unspecified atom stereocenters. The van der Waals surface area contributed by atoms with Gasteiger partial charge in [0, 0.05) is 24.0 Å². The third kappa shape index (κ3) is 2.48. The third-order valence-electron chi connectivity index (χ3n) is 3.92. The Morgan fingerprint density at radius 2 is 2.05 bits per heavy atom. The molecule has 0 aliphatic heterocycles. The lowest BCUT2D eigenvalue weighted by Crippen LogP contribution is -2.10. The molecule has 0 bridgehead atoms. The smallest absolute Gasteiger partial charge is 0.0725 e. The minimum atomic E-state index is 0.737. The fourth-order valence-corrected chi connectivity index (χ4v) is 2.70. The zero-order valence-electron chi connectivity index (χ0n) is 11.4. The predicted octanol–water partition coefficient (Wildman–Crippen LogP) is 4.45. The molecule has 1 heterocycles. The molecule has 1 N–H and O–H groups in total. The van der Waals surface area contributed by atoms with Crippen molar-refractivity contribution in [2.45, 2.75) is 32.1 Å². The monoisotopic (exact) mass is 252 g/mol. The van der Waals surface area contributed by atoms with Gasteiger partial charge in [-0.1, -0.05) is 30.7 Å². The summed E-state index contributed by atoms with van der Waals surface area (Å²) >= 11 is 0. The average Bonchev–Trinajstić information content (AvgIpc) is 2.38. The van der Waals surface area contributed by atoms with Crippen LogP contribution in [0, 0.1) is 0 Å². The second-order valence-electron chi connectivity index (χ2n) is 5.18. The van der Waals surface area contributed by atoms with Crippen molar-refractivity contribution >= 4 is 5.69 Å². The minimum Gasteiger partial charge on any atom is -0.385 e. The Labute approximate surface area is 114 Å². The number of hydrogen-bond acceptors (Lipinski definition) is 2. The SMILES string of the molecule is CCNc1ccnc(-c2ccccc2C2CCC2)c1. The van der Waals surface area contributed by atoms with Crippen LogP contribution in [-0.2, 0) is 0 Å². The van der Waals surface area contributed by atoms with Crippen molar-refractivity contribution in [1.82, 2.24) is 4.98 Å². The van der Waals surface area contributed by atoms with Crippen LogP contribution in [0.1, 0.15) is 37.7 Å². The van der Waals surface area contributed by atoms with Gasteiger partial charge in [-0.3, -0.25) is 4.98 Å². The first kappa shape index (κ1) is 12.2. The highest BCUT2D eigenvalue weighted by Gasteiger charge is 2.22. The van der Waals surface area contributed by atoms with Crippen LogP contribution in [0.3, 0.4) is 0 Å². The van der Waals surface area contributed by atoms with Gasteiger partial charge in [0.15, 0.2) is 0 Å². The second kappa shape index (κ2) is 5.43. The normalized spacial score (nSPS) is 15.0. The lowest BCUT2D eigenvalue weighted by Gasteiger charge is -2.27. The molecule has 0 radical (unpaired) electrons. The molecular formula is C17H20N2. The van der Waals surface area contributed by atoms with Gasteiger partial charge in [-0.15, -0.1) is 0 Å². The van der Waals surface area contributed by atoms with Crippen molar-refractivity contribution in [1.29, 1.82) is 0 Å². The molecule has 1 aliphatic rings. The molecule has 19 heavy (non-hydrogen) atoms. The van der Waals surface area contributed by atoms with Gasteiger partial charge in [-0.05, 0) is 43.4 Å². The summed E-state index contributed by atoms with van der Waals surface area (Å²) in [4.78, 5) is 4.55. The number of benzene rings is 1. The predicted molar refractivity (Wildman–Crippen MR) is 80.4 cm³/mol. The van der Waals surface area contributed by atoms with Crippen molar-refractivity contribution in [3.05, 3.63) is 48.2 Å². The van der Waals surface area contributed by atoms with Gasteiger partial charge in [-0.25, -0.2) is 0 Å². The fraction of sp³-hybridized carbons (Fsp3) is 0.353. The van der Waals surface area contributed by atoms with E-state index in [1.165, 1.54) is 30.4 Å². The van der Waals surface area contributed by atoms with Crippen molar-refractivity contribution in [3.63, 3.8) is 0 Å². The second-order valence-corrected chi connectivity index (χ2v) is 5.18. The van der Waals surface area contributed by atoms with E-state index in [4.69, 9.17) is 0 Å². The first-order chi connectivity index (χ1) is 9.38. The maximum absolute atomic E-state index is 4.55. The number of pyridine rings is 1. The van der Waals surface area contributed by atoms with E-state index in [0.717, 1.165) is 23.8 Å². The summed E-state index contributed by atoms with van der Waals surface area (Å²) in [5.74, 6) is 0.737. The molecule has 0 spiro atoms. The van der Waals surface area contributed by atoms with E-state index in [2.05, 4.69) is 47.6 Å². The van der Waals surface area contributed by atoms with Crippen LogP contribution in [0.15, 0.2) is 42.6 Å². The number of nitrogens with zero attached hydrogens (tertiary/aromatic N) is 1. The molecule has 2 nitrogen and oxygen atoms in total. The summed E-state index contributed by atoms with van der Waals surface area (Å²) in [6.45, 7) is 3.05. The summed E-state index contributed by atoms with van der Waals surface area (Å²) < 4.78 is 0. The highest BCUT2D eigenvalue weighted by Crippen LogP contribution is 2.40. The zero-order valence-corrected chi connectivity index (χ0v) is 11.4. The molecule has 2 aromatic rings. The van der Waals surface area contributed by atoms with Gasteiger partial charge in [-0.2, -0.15) is 0 Å². The molecule has 0 saturated heterocycles. The van der Waals surface area contributed by atoms with Crippen molar-refractivity contribution < 1.29 is 0 Å². The molecule has 1 saturated carbocycles. The highest BCUT2D eigenvalue weighted by atomic mass is 14.9. The summed E-state index contributed by atoms with van der Waals surface area (Å²) in [6.07, 6.45) is 5.91. The molecule has 0 atom stereocenters. The van der Waals surface area contributed by atoms with Crippen molar-refractivity contribution in [3.8, 4) is 11.3 Å². The van der Waals surface area contributed by atoms with E-state index in [9.17, 15) is 0 Å². The molecular weight excluding hydrogens is 232 g/mol. The Hall–Kier alpha value is -1.83. The minimum absolute atomic E-state index is 0.737. The summed E-state index contributed by atoms with van der Waals surface area (Å²) in [5, 5.41) is 3.35. The first-order valence-corrected chi connectivity index (χ1v) is 7.17. The molecule has 2 heteroatoms. The topological polar surface area (TPSA) is 24.9 Å². The Kier molecular flexibility index (Phi) is 3.49. The van der Waals surface area contributed by atoms with Gasteiger partial charge in [0.05, 0.1) is 5.69 Å². The third-order valence-corrected chi connectivity index (χ3v) is 3.92. The number of aromatic nitrogens is 1. The fourth-order valence-electron chi connectivity index (χ4n) is 2.70. The Morgan fingerprint density at radius 1 is 1.21 bits per heavy atom. The lowest BCUT2D eigenvalue weighted by atomic mass is 9.78. The van der Waals surface area contributed by atoms with Gasteiger partial charge in [0.2, 0.25) is 0 Å². The van der Waals surface area contributed by atoms with Crippen LogP contribution in [0.4, 0.5) is 5.69 Å². The average molecular weight is 252 g/mol. The van der Waals surface area contributed by atoms with E-state index >= 15 is 0 Å². The molecule has 1 fully saturated rings. The number of rotatable bonds is 4. The van der Waals surface area contributed by atoms with Gasteiger partial charge in [0.1, 0.15) is 0 Å². The quantitative estimate of drug-likeness (QED) is 0.869. The first-order valence-electron chi connectivity index (χ1n) is 7.17. The Balaban J connectivity index is 1.99. The molecule has 0 amide bonds. The zero-order chi connectivity index (χ0) is 13.1. The summed E-state index contributed by atoms with van der Waals surface area (Å²) in [5.41, 5.74) is 5.00. The van der Waals surface area contributed by atoms with Crippen LogP contribution in [0.5, 0.6) is 0 Å². The van der Waals surface area contributed by atoms with E-state index in [1.807, 2.05) is 12.3 Å². The van der Waals surface area contributed by atoms with Gasteiger partial charge >= 0.3 is 0 Å². The maximum Gasteiger partial charge on any atom is 0.0725 e. The molecule has 98 valence electrons. The van der Waals surface area contributed by atoms with E-state index in [1.54, 1.807) is 0 Å². The molecule has 3 rings (SSSR count). The van der Waals surface area contributed by atoms with Gasteiger partial charge < -0.3 is 5.32 Å². The van der Waals surface area contributed by atoms with Crippen LogP contribution < -0.4 is 5.32 Å². The van der Waals surface area contributed by atoms with E-state index in [-0.39, 0.29) is 0 Å². The number of hydrogen-bond donors (Lipinski definition) is 1. The van der Waals surface area contributed by atoms with Crippen LogP contribution in [0.25, 0.3) is 11.3 Å². The van der Waals surface area contributed by atoms with Crippen molar-refractivity contribution in [2.75, 3.05) is 11.9 Å². The molecule has 1 aliphatic carbocycles. The van der Waals surface area contributed by atoms with E-state index in [0.29, 0.717) is 0 Å². The number of anilines is 1. The van der Waals surface area contributed by atoms with Crippen molar-refractivity contribution in [2.24, 2.45) is 0 Å². The summed E-state index contributed by atoms with van der Waals surface area (Å²) in [6, 6.07) is 12.9. The molecule has 1 aromatic heterocycles. The van der Waals surface area contributed by atoms with Crippen LogP contribution >= 0.6 is 0 Å². The van der Waals surface area contributed by atoms with E-state index < -0.39 is 0 Å². The summed E-state index contributed by atoms with van der Waals surface area (Å²) in [7, 11) is 0. The Morgan fingerprint density at radius 3 is 2.79 bits per heavy atom. The lowest BCUT2D eigenvalue weighted by molar-refractivity contribution is 0.420. The standard InChI is InChI=1S/C17H20N2/c1-2-18-14-10-11-19-17(12-14)16-9-4-3-8-15(16)13-6-5-7-13/h3-4,8-13H,2,5-7H2,1H3,(H,18,19).